The number of nitrogens with zero attached hydrogens (tertiary/aromatic N) is 4. The van der Waals surface area contributed by atoms with Crippen LogP contribution in [0.3, 0.4) is 0 Å². The van der Waals surface area contributed by atoms with Crippen LogP contribution in [0.15, 0.2) is 24.3 Å². The molecule has 0 spiro atoms. The summed E-state index contributed by atoms with van der Waals surface area (Å²) in [7, 11) is 2.07. The van der Waals surface area contributed by atoms with E-state index in [-0.39, 0.29) is 11.8 Å². The zero-order valence-electron chi connectivity index (χ0n) is 15.3. The summed E-state index contributed by atoms with van der Waals surface area (Å²) in [5.74, 6) is 0.0577. The van der Waals surface area contributed by atoms with Gasteiger partial charge < -0.3 is 19.6 Å². The minimum Gasteiger partial charge on any atom is -0.336 e. The first-order valence-corrected chi connectivity index (χ1v) is 9.18. The summed E-state index contributed by atoms with van der Waals surface area (Å²) in [5, 5.41) is 0. The predicted octanol–water partition coefficient (Wildman–Crippen LogP) is 0.852. The van der Waals surface area contributed by atoms with Crippen molar-refractivity contribution in [2.45, 2.75) is 6.92 Å². The molecule has 2 aliphatic heterocycles. The lowest BCUT2D eigenvalue weighted by Gasteiger charge is -2.34. The summed E-state index contributed by atoms with van der Waals surface area (Å²) in [6.07, 6.45) is 0. The fraction of sp³-hybridized carbons (Fsp3) is 0.579. The Kier molecular flexibility index (Phi) is 5.71. The maximum atomic E-state index is 12.8. The fourth-order valence-corrected chi connectivity index (χ4v) is 3.43. The summed E-state index contributed by atoms with van der Waals surface area (Å²) in [4.78, 5) is 33.8. The van der Waals surface area contributed by atoms with Gasteiger partial charge in [-0.1, -0.05) is 13.0 Å². The van der Waals surface area contributed by atoms with Crippen molar-refractivity contribution in [2.75, 3.05) is 66.0 Å². The quantitative estimate of drug-likeness (QED) is 0.816. The third-order valence-electron chi connectivity index (χ3n) is 5.25. The van der Waals surface area contributed by atoms with E-state index in [4.69, 9.17) is 0 Å². The molecule has 2 aliphatic rings. The molecule has 0 saturated carbocycles. The maximum absolute atomic E-state index is 12.8. The van der Waals surface area contributed by atoms with Crippen molar-refractivity contribution in [3.63, 3.8) is 0 Å². The first-order valence-electron chi connectivity index (χ1n) is 9.18. The monoisotopic (exact) mass is 344 g/mol. The second-order valence-electron chi connectivity index (χ2n) is 6.90. The zero-order valence-corrected chi connectivity index (χ0v) is 15.3. The molecule has 1 aromatic rings. The lowest BCUT2D eigenvalue weighted by atomic mass is 10.1. The molecule has 2 fully saturated rings. The standard InChI is InChI=1S/C19H28N4O2/c1-3-21-9-13-23(14-10-21)19(25)17-6-4-5-16(15-17)18(24)22-11-7-20(2)8-12-22/h4-6,15H,3,7-14H2,1-2H3. The number of likely N-dealkylation sites (N-methyl/N-ethyl adjacent to an activating group) is 2. The van der Waals surface area contributed by atoms with Gasteiger partial charge in [0.25, 0.3) is 11.8 Å². The molecule has 0 bridgehead atoms. The minimum atomic E-state index is 0.0264. The molecule has 0 aromatic heterocycles. The Morgan fingerprint density at radius 1 is 0.840 bits per heavy atom. The minimum absolute atomic E-state index is 0.0264. The molecule has 6 nitrogen and oxygen atoms in total. The molecule has 0 radical (unpaired) electrons. The van der Waals surface area contributed by atoms with E-state index in [1.54, 1.807) is 6.07 Å². The number of rotatable bonds is 3. The highest BCUT2D eigenvalue weighted by atomic mass is 16.2. The van der Waals surface area contributed by atoms with Gasteiger partial charge >= 0.3 is 0 Å². The predicted molar refractivity (Wildman–Crippen MR) is 97.9 cm³/mol. The summed E-state index contributed by atoms with van der Waals surface area (Å²) < 4.78 is 0. The first kappa shape index (κ1) is 17.9. The van der Waals surface area contributed by atoms with E-state index in [9.17, 15) is 9.59 Å². The number of hydrogen-bond donors (Lipinski definition) is 0. The Labute approximate surface area is 150 Å². The van der Waals surface area contributed by atoms with Crippen molar-refractivity contribution in [1.29, 1.82) is 0 Å². The second-order valence-corrected chi connectivity index (χ2v) is 6.90. The Balaban J connectivity index is 1.67. The molecule has 25 heavy (non-hydrogen) atoms. The van der Waals surface area contributed by atoms with Crippen LogP contribution in [0.1, 0.15) is 27.6 Å². The van der Waals surface area contributed by atoms with E-state index in [2.05, 4.69) is 23.8 Å². The number of benzene rings is 1. The van der Waals surface area contributed by atoms with Crippen molar-refractivity contribution in [2.24, 2.45) is 0 Å². The molecule has 0 unspecified atom stereocenters. The molecule has 0 atom stereocenters. The third kappa shape index (κ3) is 4.19. The van der Waals surface area contributed by atoms with Crippen LogP contribution in [0.2, 0.25) is 0 Å². The molecule has 0 aliphatic carbocycles. The Bertz CT molecular complexity index is 618. The Morgan fingerprint density at radius 2 is 1.32 bits per heavy atom. The van der Waals surface area contributed by atoms with Crippen LogP contribution < -0.4 is 0 Å². The summed E-state index contributed by atoms with van der Waals surface area (Å²) in [6, 6.07) is 7.20. The van der Waals surface area contributed by atoms with Gasteiger partial charge in [0.15, 0.2) is 0 Å². The van der Waals surface area contributed by atoms with Gasteiger partial charge in [0.2, 0.25) is 0 Å². The molecule has 2 amide bonds. The molecular weight excluding hydrogens is 316 g/mol. The van der Waals surface area contributed by atoms with Gasteiger partial charge in [0, 0.05) is 63.5 Å². The van der Waals surface area contributed by atoms with Crippen molar-refractivity contribution < 1.29 is 9.59 Å². The zero-order chi connectivity index (χ0) is 17.8. The maximum Gasteiger partial charge on any atom is 0.253 e. The molecule has 2 saturated heterocycles. The van der Waals surface area contributed by atoms with Gasteiger partial charge in [-0.3, -0.25) is 9.59 Å². The fourth-order valence-electron chi connectivity index (χ4n) is 3.43. The highest BCUT2D eigenvalue weighted by Gasteiger charge is 2.24. The highest BCUT2D eigenvalue weighted by Crippen LogP contribution is 2.14. The largest absolute Gasteiger partial charge is 0.336 e. The van der Waals surface area contributed by atoms with E-state index in [0.717, 1.165) is 58.9 Å². The highest BCUT2D eigenvalue weighted by molar-refractivity contribution is 5.99. The van der Waals surface area contributed by atoms with E-state index in [0.29, 0.717) is 11.1 Å². The van der Waals surface area contributed by atoms with Gasteiger partial charge in [-0.25, -0.2) is 0 Å². The van der Waals surface area contributed by atoms with Crippen LogP contribution >= 0.6 is 0 Å². The summed E-state index contributed by atoms with van der Waals surface area (Å²) >= 11 is 0. The smallest absolute Gasteiger partial charge is 0.253 e. The van der Waals surface area contributed by atoms with E-state index in [1.165, 1.54) is 0 Å². The molecule has 1 aromatic carbocycles. The lowest BCUT2D eigenvalue weighted by molar-refractivity contribution is 0.0643. The number of carbonyl (C=O) groups is 2. The molecule has 3 rings (SSSR count). The van der Waals surface area contributed by atoms with E-state index >= 15 is 0 Å². The van der Waals surface area contributed by atoms with Gasteiger partial charge in [-0.15, -0.1) is 0 Å². The van der Waals surface area contributed by atoms with Crippen molar-refractivity contribution >= 4 is 11.8 Å². The average molecular weight is 344 g/mol. The van der Waals surface area contributed by atoms with Gasteiger partial charge in [0.05, 0.1) is 0 Å². The number of amides is 2. The van der Waals surface area contributed by atoms with Gasteiger partial charge in [-0.05, 0) is 31.8 Å². The normalized spacial score (nSPS) is 19.9. The third-order valence-corrected chi connectivity index (χ3v) is 5.25. The molecule has 2 heterocycles. The second kappa shape index (κ2) is 7.97. The van der Waals surface area contributed by atoms with Crippen LogP contribution in [0.5, 0.6) is 0 Å². The van der Waals surface area contributed by atoms with Gasteiger partial charge in [-0.2, -0.15) is 0 Å². The lowest BCUT2D eigenvalue weighted by Crippen LogP contribution is -2.48. The number of hydrogen-bond acceptors (Lipinski definition) is 4. The first-order chi connectivity index (χ1) is 12.1. The van der Waals surface area contributed by atoms with Gasteiger partial charge in [0.1, 0.15) is 0 Å². The Hall–Kier alpha value is -1.92. The van der Waals surface area contributed by atoms with E-state index in [1.807, 2.05) is 28.0 Å². The SMILES string of the molecule is CCN1CCN(C(=O)c2cccc(C(=O)N3CCN(C)CC3)c2)CC1. The van der Waals surface area contributed by atoms with Crippen LogP contribution in [0.25, 0.3) is 0 Å². The van der Waals surface area contributed by atoms with E-state index < -0.39 is 0 Å². The molecule has 136 valence electrons. The van der Waals surface area contributed by atoms with Crippen LogP contribution in [-0.4, -0.2) is 97.4 Å². The molecule has 0 N–H and O–H groups in total. The summed E-state index contributed by atoms with van der Waals surface area (Å²) in [5.41, 5.74) is 1.23. The molecular formula is C19H28N4O2. The van der Waals surface area contributed by atoms with Crippen LogP contribution in [0.4, 0.5) is 0 Å². The van der Waals surface area contributed by atoms with Crippen LogP contribution in [-0.2, 0) is 0 Å². The topological polar surface area (TPSA) is 47.1 Å². The van der Waals surface area contributed by atoms with Crippen molar-refractivity contribution in [3.05, 3.63) is 35.4 Å². The number of piperazine rings is 2. The number of carbonyl (C=O) groups excluding carboxylic acids is 2. The summed E-state index contributed by atoms with van der Waals surface area (Å²) in [6.45, 7) is 9.79. The average Bonchev–Trinajstić information content (AvgIpc) is 2.67. The van der Waals surface area contributed by atoms with Crippen LogP contribution in [0, 0.1) is 0 Å². The molecule has 6 heteroatoms. The van der Waals surface area contributed by atoms with Crippen molar-refractivity contribution in [3.8, 4) is 0 Å². The Morgan fingerprint density at radius 3 is 1.80 bits per heavy atom. The van der Waals surface area contributed by atoms with Crippen molar-refractivity contribution in [1.82, 2.24) is 19.6 Å².